The Kier molecular flexibility index (Phi) is 6.43. The van der Waals surface area contributed by atoms with E-state index in [2.05, 4.69) is 5.32 Å². The van der Waals surface area contributed by atoms with Crippen molar-refractivity contribution in [2.75, 3.05) is 53.5 Å². The Bertz CT molecular complexity index is 408. The highest BCUT2D eigenvalue weighted by atomic mass is 32.2. The van der Waals surface area contributed by atoms with E-state index < -0.39 is 10.2 Å². The molecule has 1 N–H and O–H groups in total. The van der Waals surface area contributed by atoms with Gasteiger partial charge in [-0.2, -0.15) is 17.0 Å². The molecule has 0 bridgehead atoms. The third-order valence-electron chi connectivity index (χ3n) is 4.55. The lowest BCUT2D eigenvalue weighted by atomic mass is 10.00. The summed E-state index contributed by atoms with van der Waals surface area (Å²) in [5.41, 5.74) is 0. The van der Waals surface area contributed by atoms with Crippen molar-refractivity contribution in [2.24, 2.45) is 11.8 Å². The first-order valence-electron chi connectivity index (χ1n) is 7.97. The Morgan fingerprint density at radius 2 is 1.95 bits per heavy atom. The standard InChI is InChI=1S/C14H29N3O3S/c1-15-10-14-4-3-7-17(12-14)21(18,19)16(2)11-13-5-8-20-9-6-13/h13-15H,3-12H2,1-2H3. The van der Waals surface area contributed by atoms with Crippen molar-refractivity contribution >= 4 is 10.2 Å². The minimum atomic E-state index is -3.31. The van der Waals surface area contributed by atoms with Crippen LogP contribution in [0.1, 0.15) is 25.7 Å². The maximum atomic E-state index is 12.7. The van der Waals surface area contributed by atoms with Crippen LogP contribution in [0.3, 0.4) is 0 Å². The molecule has 7 heteroatoms. The van der Waals surface area contributed by atoms with Gasteiger partial charge < -0.3 is 10.1 Å². The van der Waals surface area contributed by atoms with Gasteiger partial charge in [0, 0.05) is 39.9 Å². The predicted octanol–water partition coefficient (Wildman–Crippen LogP) is 0.521. The number of nitrogens with zero attached hydrogens (tertiary/aromatic N) is 2. The maximum absolute atomic E-state index is 12.7. The van der Waals surface area contributed by atoms with E-state index in [1.165, 1.54) is 0 Å². The minimum absolute atomic E-state index is 0.426. The Hall–Kier alpha value is -0.210. The molecule has 124 valence electrons. The van der Waals surface area contributed by atoms with E-state index in [0.29, 0.717) is 31.5 Å². The summed E-state index contributed by atoms with van der Waals surface area (Å²) in [6, 6.07) is 0. The van der Waals surface area contributed by atoms with Crippen LogP contribution < -0.4 is 5.32 Å². The molecule has 2 rings (SSSR count). The molecule has 2 fully saturated rings. The van der Waals surface area contributed by atoms with Crippen LogP contribution in [0.25, 0.3) is 0 Å². The maximum Gasteiger partial charge on any atom is 0.281 e. The average molecular weight is 319 g/mol. The minimum Gasteiger partial charge on any atom is -0.381 e. The molecule has 0 saturated carbocycles. The zero-order chi connectivity index (χ0) is 15.3. The van der Waals surface area contributed by atoms with Gasteiger partial charge in [-0.15, -0.1) is 0 Å². The molecule has 21 heavy (non-hydrogen) atoms. The van der Waals surface area contributed by atoms with E-state index in [0.717, 1.165) is 45.4 Å². The molecule has 2 aliphatic heterocycles. The van der Waals surface area contributed by atoms with E-state index in [-0.39, 0.29) is 0 Å². The van der Waals surface area contributed by atoms with Crippen molar-refractivity contribution in [2.45, 2.75) is 25.7 Å². The molecule has 2 heterocycles. The van der Waals surface area contributed by atoms with Crippen molar-refractivity contribution < 1.29 is 13.2 Å². The van der Waals surface area contributed by atoms with Crippen molar-refractivity contribution in [1.29, 1.82) is 0 Å². The predicted molar refractivity (Wildman–Crippen MR) is 83.3 cm³/mol. The third kappa shape index (κ3) is 4.63. The second-order valence-electron chi connectivity index (χ2n) is 6.27. The summed E-state index contributed by atoms with van der Waals surface area (Å²) in [6.45, 7) is 4.30. The van der Waals surface area contributed by atoms with E-state index in [1.807, 2.05) is 7.05 Å². The Balaban J connectivity index is 1.92. The summed E-state index contributed by atoms with van der Waals surface area (Å²) in [7, 11) is 0.322. The Morgan fingerprint density at radius 3 is 2.62 bits per heavy atom. The normalized spacial score (nSPS) is 26.3. The summed E-state index contributed by atoms with van der Waals surface area (Å²) in [6.07, 6.45) is 3.98. The fourth-order valence-electron chi connectivity index (χ4n) is 3.28. The number of nitrogens with one attached hydrogen (secondary N) is 1. The molecule has 2 saturated heterocycles. The number of rotatable bonds is 6. The van der Waals surface area contributed by atoms with E-state index in [9.17, 15) is 8.42 Å². The Labute approximate surface area is 129 Å². The molecule has 0 amide bonds. The SMILES string of the molecule is CNCC1CCCN(S(=O)(=O)N(C)CC2CCOCC2)C1. The second-order valence-corrected chi connectivity index (χ2v) is 8.30. The molecular formula is C14H29N3O3S. The number of piperidine rings is 1. The summed E-state index contributed by atoms with van der Waals surface area (Å²) in [4.78, 5) is 0. The summed E-state index contributed by atoms with van der Waals surface area (Å²) < 4.78 is 34.0. The van der Waals surface area contributed by atoms with E-state index in [4.69, 9.17) is 4.74 Å². The van der Waals surface area contributed by atoms with Crippen molar-refractivity contribution in [3.63, 3.8) is 0 Å². The molecule has 2 aliphatic rings. The molecule has 0 aromatic heterocycles. The van der Waals surface area contributed by atoms with Gasteiger partial charge in [0.1, 0.15) is 0 Å². The first kappa shape index (κ1) is 17.1. The highest BCUT2D eigenvalue weighted by Gasteiger charge is 2.32. The van der Waals surface area contributed by atoms with Crippen molar-refractivity contribution in [3.05, 3.63) is 0 Å². The molecule has 0 aromatic rings. The smallest absolute Gasteiger partial charge is 0.281 e. The zero-order valence-electron chi connectivity index (χ0n) is 13.3. The number of hydrogen-bond acceptors (Lipinski definition) is 4. The van der Waals surface area contributed by atoms with E-state index in [1.54, 1.807) is 15.7 Å². The summed E-state index contributed by atoms with van der Waals surface area (Å²) in [5.74, 6) is 0.853. The van der Waals surface area contributed by atoms with Crippen LogP contribution in [-0.4, -0.2) is 70.5 Å². The quantitative estimate of drug-likeness (QED) is 0.775. The largest absolute Gasteiger partial charge is 0.381 e. The molecule has 6 nitrogen and oxygen atoms in total. The third-order valence-corrected chi connectivity index (χ3v) is 6.47. The van der Waals surface area contributed by atoms with Crippen LogP contribution in [0.5, 0.6) is 0 Å². The molecule has 0 spiro atoms. The first-order chi connectivity index (χ1) is 10.0. The molecule has 0 aliphatic carbocycles. The monoisotopic (exact) mass is 319 g/mol. The second kappa shape index (κ2) is 7.87. The fraction of sp³-hybridized carbons (Fsp3) is 1.00. The highest BCUT2D eigenvalue weighted by molar-refractivity contribution is 7.86. The lowest BCUT2D eigenvalue weighted by Crippen LogP contribution is -2.49. The first-order valence-corrected chi connectivity index (χ1v) is 9.37. The molecule has 0 aromatic carbocycles. The molecular weight excluding hydrogens is 290 g/mol. The molecule has 0 radical (unpaired) electrons. The van der Waals surface area contributed by atoms with Gasteiger partial charge in [0.05, 0.1) is 0 Å². The van der Waals surface area contributed by atoms with Crippen LogP contribution in [0.15, 0.2) is 0 Å². The Morgan fingerprint density at radius 1 is 1.24 bits per heavy atom. The fourth-order valence-corrected chi connectivity index (χ4v) is 4.83. The average Bonchev–Trinajstić information content (AvgIpc) is 2.49. The van der Waals surface area contributed by atoms with Crippen molar-refractivity contribution in [1.82, 2.24) is 13.9 Å². The van der Waals surface area contributed by atoms with Gasteiger partial charge in [-0.3, -0.25) is 0 Å². The van der Waals surface area contributed by atoms with Crippen molar-refractivity contribution in [3.8, 4) is 0 Å². The van der Waals surface area contributed by atoms with Crippen LogP contribution in [0.4, 0.5) is 0 Å². The molecule has 1 atom stereocenters. The van der Waals surface area contributed by atoms with Crippen LogP contribution in [0.2, 0.25) is 0 Å². The summed E-state index contributed by atoms with van der Waals surface area (Å²) in [5, 5.41) is 3.16. The van der Waals surface area contributed by atoms with Gasteiger partial charge >= 0.3 is 0 Å². The van der Waals surface area contributed by atoms with E-state index >= 15 is 0 Å². The van der Waals surface area contributed by atoms with Gasteiger partial charge in [-0.1, -0.05) is 0 Å². The van der Waals surface area contributed by atoms with Crippen LogP contribution in [0, 0.1) is 11.8 Å². The highest BCUT2D eigenvalue weighted by Crippen LogP contribution is 2.22. The number of hydrogen-bond donors (Lipinski definition) is 1. The zero-order valence-corrected chi connectivity index (χ0v) is 14.1. The summed E-state index contributed by atoms with van der Waals surface area (Å²) >= 11 is 0. The topological polar surface area (TPSA) is 61.9 Å². The van der Waals surface area contributed by atoms with Gasteiger partial charge in [0.25, 0.3) is 10.2 Å². The van der Waals surface area contributed by atoms with Gasteiger partial charge in [-0.25, -0.2) is 0 Å². The van der Waals surface area contributed by atoms with Crippen LogP contribution in [-0.2, 0) is 14.9 Å². The number of ether oxygens (including phenoxy) is 1. The lowest BCUT2D eigenvalue weighted by molar-refractivity contribution is 0.0614. The lowest BCUT2D eigenvalue weighted by Gasteiger charge is -2.35. The van der Waals surface area contributed by atoms with Crippen LogP contribution >= 0.6 is 0 Å². The van der Waals surface area contributed by atoms with Gasteiger partial charge in [0.2, 0.25) is 0 Å². The van der Waals surface area contributed by atoms with Gasteiger partial charge in [0.15, 0.2) is 0 Å². The molecule has 1 unspecified atom stereocenters. The van der Waals surface area contributed by atoms with Gasteiger partial charge in [-0.05, 0) is 51.1 Å².